The molecule has 1 fully saturated rings. The van der Waals surface area contributed by atoms with Crippen LogP contribution in [0.15, 0.2) is 59.8 Å². The number of urea groups is 1. The van der Waals surface area contributed by atoms with Crippen LogP contribution in [0, 0.1) is 5.41 Å². The molecule has 2 aliphatic heterocycles. The van der Waals surface area contributed by atoms with Crippen LogP contribution in [0.4, 0.5) is 10.5 Å². The zero-order valence-corrected chi connectivity index (χ0v) is 15.3. The fourth-order valence-corrected chi connectivity index (χ4v) is 3.51. The molecule has 4 rings (SSSR count). The first-order valence-electron chi connectivity index (χ1n) is 8.68. The monoisotopic (exact) mass is 378 g/mol. The minimum absolute atomic E-state index is 0.161. The number of rotatable bonds is 3. The van der Waals surface area contributed by atoms with E-state index in [1.807, 2.05) is 37.2 Å². The van der Waals surface area contributed by atoms with E-state index in [1.54, 1.807) is 36.4 Å². The maximum atomic E-state index is 13.0. The van der Waals surface area contributed by atoms with Crippen LogP contribution in [-0.2, 0) is 14.4 Å². The van der Waals surface area contributed by atoms with Crippen LogP contribution in [0.3, 0.4) is 0 Å². The Bertz CT molecular complexity index is 963. The van der Waals surface area contributed by atoms with Gasteiger partial charge in [-0.25, -0.2) is 4.79 Å². The summed E-state index contributed by atoms with van der Waals surface area (Å²) < 4.78 is 0. The number of carbonyl (C=O) groups is 3. The zero-order valence-electron chi connectivity index (χ0n) is 15.3. The molecule has 4 amide bonds. The van der Waals surface area contributed by atoms with Gasteiger partial charge in [-0.15, -0.1) is 0 Å². The number of nitrogens with zero attached hydrogens (tertiary/aromatic N) is 2. The summed E-state index contributed by atoms with van der Waals surface area (Å²) >= 11 is 0. The minimum atomic E-state index is -1.81. The van der Waals surface area contributed by atoms with Crippen molar-refractivity contribution in [1.29, 1.82) is 0 Å². The fraction of sp³-hybridized carbons (Fsp3) is 0.200. The van der Waals surface area contributed by atoms with Crippen molar-refractivity contribution < 1.29 is 19.2 Å². The van der Waals surface area contributed by atoms with Gasteiger partial charge in [0.2, 0.25) is 5.41 Å². The molecule has 1 atom stereocenters. The van der Waals surface area contributed by atoms with E-state index in [-0.39, 0.29) is 5.71 Å². The van der Waals surface area contributed by atoms with Crippen molar-refractivity contribution in [2.24, 2.45) is 10.6 Å². The summed E-state index contributed by atoms with van der Waals surface area (Å²) in [6.45, 7) is 0. The van der Waals surface area contributed by atoms with E-state index in [1.165, 1.54) is 0 Å². The Morgan fingerprint density at radius 1 is 0.929 bits per heavy atom. The van der Waals surface area contributed by atoms with Crippen LogP contribution < -0.4 is 15.5 Å². The molecular formula is C20H18N4O4. The standard InChI is InChI=1S/C20H18N4O4/c1-24(2)14-10-8-12(9-11-14)15-20(17(25)21-19(27)22-18(20)26)16(28-23-15)13-6-4-3-5-7-13/h3-11,16H,1-2H3,(H2,21,22,25,26,27). The van der Waals surface area contributed by atoms with Crippen molar-refractivity contribution in [2.45, 2.75) is 6.10 Å². The third-order valence-electron chi connectivity index (χ3n) is 4.95. The lowest BCUT2D eigenvalue weighted by atomic mass is 9.71. The third-order valence-corrected chi connectivity index (χ3v) is 4.95. The number of amides is 4. The van der Waals surface area contributed by atoms with Gasteiger partial charge in [-0.3, -0.25) is 20.2 Å². The summed E-state index contributed by atoms with van der Waals surface area (Å²) in [6, 6.07) is 15.2. The molecule has 2 heterocycles. The predicted octanol–water partition coefficient (Wildman–Crippen LogP) is 1.58. The van der Waals surface area contributed by atoms with Crippen molar-refractivity contribution in [3.8, 4) is 0 Å². The summed E-state index contributed by atoms with van der Waals surface area (Å²) in [5, 5.41) is 8.50. The zero-order chi connectivity index (χ0) is 19.9. The highest BCUT2D eigenvalue weighted by Gasteiger charge is 2.65. The molecule has 1 spiro atoms. The molecule has 2 aliphatic rings. The molecule has 2 N–H and O–H groups in total. The van der Waals surface area contributed by atoms with Gasteiger partial charge in [0.15, 0.2) is 6.10 Å². The average molecular weight is 378 g/mol. The van der Waals surface area contributed by atoms with E-state index in [4.69, 9.17) is 4.84 Å². The highest BCUT2D eigenvalue weighted by atomic mass is 16.6. The van der Waals surface area contributed by atoms with E-state index in [0.717, 1.165) is 5.69 Å². The third kappa shape index (κ3) is 2.53. The summed E-state index contributed by atoms with van der Waals surface area (Å²) in [5.74, 6) is -1.52. The van der Waals surface area contributed by atoms with E-state index in [2.05, 4.69) is 15.8 Å². The highest BCUT2D eigenvalue weighted by molar-refractivity contribution is 6.36. The molecular weight excluding hydrogens is 360 g/mol. The van der Waals surface area contributed by atoms with E-state index in [0.29, 0.717) is 11.1 Å². The number of hydrogen-bond acceptors (Lipinski definition) is 6. The highest BCUT2D eigenvalue weighted by Crippen LogP contribution is 2.46. The quantitative estimate of drug-likeness (QED) is 0.790. The van der Waals surface area contributed by atoms with Crippen LogP contribution in [0.2, 0.25) is 0 Å². The molecule has 1 unspecified atom stereocenters. The van der Waals surface area contributed by atoms with Gasteiger partial charge in [-0.2, -0.15) is 0 Å². The van der Waals surface area contributed by atoms with E-state index < -0.39 is 29.4 Å². The molecule has 8 heteroatoms. The largest absolute Gasteiger partial charge is 0.385 e. The van der Waals surface area contributed by atoms with E-state index >= 15 is 0 Å². The van der Waals surface area contributed by atoms with Crippen LogP contribution in [-0.4, -0.2) is 37.7 Å². The van der Waals surface area contributed by atoms with Crippen LogP contribution >= 0.6 is 0 Å². The number of benzene rings is 2. The number of carbonyl (C=O) groups excluding carboxylic acids is 3. The lowest BCUT2D eigenvalue weighted by Crippen LogP contribution is -2.66. The van der Waals surface area contributed by atoms with Crippen molar-refractivity contribution in [2.75, 3.05) is 19.0 Å². The summed E-state index contributed by atoms with van der Waals surface area (Å²) in [6.07, 6.45) is -0.995. The molecule has 8 nitrogen and oxygen atoms in total. The molecule has 142 valence electrons. The average Bonchev–Trinajstić information content (AvgIpc) is 3.08. The Balaban J connectivity index is 1.85. The number of hydrogen-bond donors (Lipinski definition) is 2. The number of anilines is 1. The van der Waals surface area contributed by atoms with Gasteiger partial charge in [-0.05, 0) is 17.7 Å². The van der Waals surface area contributed by atoms with Crippen LogP contribution in [0.5, 0.6) is 0 Å². The Morgan fingerprint density at radius 3 is 2.11 bits per heavy atom. The molecule has 0 bridgehead atoms. The first-order chi connectivity index (χ1) is 13.4. The van der Waals surface area contributed by atoms with Crippen LogP contribution in [0.1, 0.15) is 17.2 Å². The van der Waals surface area contributed by atoms with Gasteiger partial charge in [0.05, 0.1) is 0 Å². The SMILES string of the molecule is CN(C)c1ccc(C2=NOC(c3ccccc3)C23C(=O)NC(=O)NC3=O)cc1. The first-order valence-corrected chi connectivity index (χ1v) is 8.68. The van der Waals surface area contributed by atoms with Gasteiger partial charge in [-0.1, -0.05) is 47.6 Å². The van der Waals surface area contributed by atoms with E-state index in [9.17, 15) is 14.4 Å². The molecule has 28 heavy (non-hydrogen) atoms. The van der Waals surface area contributed by atoms with Gasteiger partial charge < -0.3 is 9.74 Å². The van der Waals surface area contributed by atoms with Crippen molar-refractivity contribution >= 4 is 29.2 Å². The second-order valence-corrected chi connectivity index (χ2v) is 6.82. The molecule has 0 saturated carbocycles. The molecule has 2 aromatic carbocycles. The summed E-state index contributed by atoms with van der Waals surface area (Å²) in [5.41, 5.74) is 0.461. The topological polar surface area (TPSA) is 100 Å². The maximum absolute atomic E-state index is 13.0. The number of barbiturate groups is 1. The fourth-order valence-electron chi connectivity index (χ4n) is 3.51. The molecule has 0 aliphatic carbocycles. The van der Waals surface area contributed by atoms with Gasteiger partial charge >= 0.3 is 6.03 Å². The molecule has 0 radical (unpaired) electrons. The second kappa shape index (κ2) is 6.49. The lowest BCUT2D eigenvalue weighted by molar-refractivity contribution is -0.146. The number of oxime groups is 1. The Hall–Kier alpha value is -3.68. The maximum Gasteiger partial charge on any atom is 0.328 e. The van der Waals surface area contributed by atoms with Crippen molar-refractivity contribution in [1.82, 2.24) is 10.6 Å². The molecule has 1 saturated heterocycles. The normalized spacial score (nSPS) is 20.3. The first kappa shape index (κ1) is 17.7. The Labute approximate surface area is 161 Å². The Kier molecular flexibility index (Phi) is 4.11. The lowest BCUT2D eigenvalue weighted by Gasteiger charge is -2.34. The summed E-state index contributed by atoms with van der Waals surface area (Å²) in [4.78, 5) is 45.2. The number of nitrogens with one attached hydrogen (secondary N) is 2. The van der Waals surface area contributed by atoms with Gasteiger partial charge in [0, 0.05) is 25.3 Å². The van der Waals surface area contributed by atoms with Crippen molar-refractivity contribution in [3.05, 3.63) is 65.7 Å². The summed E-state index contributed by atoms with van der Waals surface area (Å²) in [7, 11) is 3.82. The second-order valence-electron chi connectivity index (χ2n) is 6.82. The Morgan fingerprint density at radius 2 is 1.54 bits per heavy atom. The minimum Gasteiger partial charge on any atom is -0.385 e. The smallest absolute Gasteiger partial charge is 0.328 e. The number of imide groups is 2. The van der Waals surface area contributed by atoms with Gasteiger partial charge in [0.25, 0.3) is 11.8 Å². The van der Waals surface area contributed by atoms with Gasteiger partial charge in [0.1, 0.15) is 5.71 Å². The molecule has 0 aromatic heterocycles. The predicted molar refractivity (Wildman–Crippen MR) is 102 cm³/mol. The molecule has 2 aromatic rings. The van der Waals surface area contributed by atoms with Crippen molar-refractivity contribution in [3.63, 3.8) is 0 Å². The van der Waals surface area contributed by atoms with Crippen LogP contribution in [0.25, 0.3) is 0 Å².